The maximum absolute atomic E-state index is 13.8. The number of hydrogen-bond donors (Lipinski definition) is 0. The van der Waals surface area contributed by atoms with Crippen LogP contribution in [0.15, 0.2) is 16.6 Å². The van der Waals surface area contributed by atoms with E-state index in [0.717, 1.165) is 6.07 Å². The molecule has 1 unspecified atom stereocenters. The van der Waals surface area contributed by atoms with Crippen molar-refractivity contribution < 1.29 is 18.3 Å². The van der Waals surface area contributed by atoms with Gasteiger partial charge in [-0.2, -0.15) is 0 Å². The Labute approximate surface area is 107 Å². The molecule has 0 aromatic heterocycles. The lowest BCUT2D eigenvalue weighted by Crippen LogP contribution is -2.37. The van der Waals surface area contributed by atoms with Gasteiger partial charge in [-0.05, 0) is 41.4 Å². The van der Waals surface area contributed by atoms with Crippen molar-refractivity contribution in [2.45, 2.75) is 25.9 Å². The molecule has 0 aliphatic rings. The highest BCUT2D eigenvalue weighted by Crippen LogP contribution is 2.27. The van der Waals surface area contributed by atoms with Gasteiger partial charge in [-0.15, -0.1) is 0 Å². The monoisotopic (exact) mass is 306 g/mol. The van der Waals surface area contributed by atoms with Gasteiger partial charge >= 0.3 is 0 Å². The second-order valence-electron chi connectivity index (χ2n) is 3.84. The van der Waals surface area contributed by atoms with Crippen LogP contribution in [-0.2, 0) is 4.74 Å². The Morgan fingerprint density at radius 2 is 2.06 bits per heavy atom. The minimum absolute atomic E-state index is 0.0526. The van der Waals surface area contributed by atoms with Gasteiger partial charge in [0.05, 0.1) is 10.0 Å². The molecule has 0 spiro atoms. The standard InChI is InChI=1S/C12H13BrF2O2/c1-4-12(2,17-3)11(16)9-8(14)6-5-7(13)10(9)15/h5-6H,4H2,1-3H3. The molecule has 0 saturated carbocycles. The van der Waals surface area contributed by atoms with Crippen LogP contribution in [0.2, 0.25) is 0 Å². The highest BCUT2D eigenvalue weighted by atomic mass is 79.9. The molecule has 0 fully saturated rings. The average Bonchev–Trinajstić information content (AvgIpc) is 2.33. The summed E-state index contributed by atoms with van der Waals surface area (Å²) >= 11 is 2.92. The van der Waals surface area contributed by atoms with Crippen LogP contribution in [0.1, 0.15) is 30.6 Å². The molecular formula is C12H13BrF2O2. The Morgan fingerprint density at radius 3 is 2.53 bits per heavy atom. The zero-order valence-corrected chi connectivity index (χ0v) is 11.4. The van der Waals surface area contributed by atoms with Crippen molar-refractivity contribution in [2.24, 2.45) is 0 Å². The third-order valence-corrected chi connectivity index (χ3v) is 3.49. The van der Waals surface area contributed by atoms with Crippen molar-refractivity contribution in [1.82, 2.24) is 0 Å². The highest BCUT2D eigenvalue weighted by molar-refractivity contribution is 9.10. The number of benzene rings is 1. The number of methoxy groups -OCH3 is 1. The lowest BCUT2D eigenvalue weighted by Gasteiger charge is -2.25. The molecule has 0 radical (unpaired) electrons. The lowest BCUT2D eigenvalue weighted by molar-refractivity contribution is 0.00987. The molecule has 94 valence electrons. The normalized spacial score (nSPS) is 14.5. The van der Waals surface area contributed by atoms with E-state index in [1.165, 1.54) is 20.1 Å². The van der Waals surface area contributed by atoms with Gasteiger partial charge in [0.15, 0.2) is 11.6 Å². The van der Waals surface area contributed by atoms with E-state index in [-0.39, 0.29) is 4.47 Å². The fourth-order valence-electron chi connectivity index (χ4n) is 1.40. The van der Waals surface area contributed by atoms with E-state index in [1.807, 2.05) is 0 Å². The first kappa shape index (κ1) is 14.3. The van der Waals surface area contributed by atoms with E-state index in [9.17, 15) is 13.6 Å². The summed E-state index contributed by atoms with van der Waals surface area (Å²) < 4.78 is 32.4. The summed E-state index contributed by atoms with van der Waals surface area (Å²) in [6.07, 6.45) is 0.327. The molecule has 1 aromatic rings. The summed E-state index contributed by atoms with van der Waals surface area (Å²) in [5.74, 6) is -2.47. The Morgan fingerprint density at radius 1 is 1.47 bits per heavy atom. The number of hydrogen-bond acceptors (Lipinski definition) is 2. The molecule has 0 saturated heterocycles. The first-order chi connectivity index (χ1) is 7.87. The molecule has 2 nitrogen and oxygen atoms in total. The lowest BCUT2D eigenvalue weighted by atomic mass is 9.91. The number of carbonyl (C=O) groups excluding carboxylic acids is 1. The SMILES string of the molecule is CCC(C)(OC)C(=O)c1c(F)ccc(Br)c1F. The second kappa shape index (κ2) is 5.23. The minimum Gasteiger partial charge on any atom is -0.370 e. The Bertz CT molecular complexity index is 442. The van der Waals surface area contributed by atoms with Gasteiger partial charge in [-0.1, -0.05) is 6.92 Å². The van der Waals surface area contributed by atoms with Gasteiger partial charge in [-0.3, -0.25) is 4.79 Å². The molecule has 0 aliphatic carbocycles. The number of ketones is 1. The number of carbonyl (C=O) groups is 1. The Kier molecular flexibility index (Phi) is 4.38. The number of ether oxygens (including phenoxy) is 1. The van der Waals surface area contributed by atoms with Gasteiger partial charge in [0.2, 0.25) is 0 Å². The topological polar surface area (TPSA) is 26.3 Å². The molecule has 0 heterocycles. The Balaban J connectivity index is 3.35. The van der Waals surface area contributed by atoms with E-state index < -0.39 is 28.6 Å². The van der Waals surface area contributed by atoms with Crippen molar-refractivity contribution in [3.8, 4) is 0 Å². The number of Topliss-reactive ketones (excluding diaryl/α,β-unsaturated/α-hetero) is 1. The smallest absolute Gasteiger partial charge is 0.200 e. The van der Waals surface area contributed by atoms with Crippen LogP contribution in [0.4, 0.5) is 8.78 Å². The quantitative estimate of drug-likeness (QED) is 0.626. The molecular weight excluding hydrogens is 294 g/mol. The van der Waals surface area contributed by atoms with E-state index in [0.29, 0.717) is 6.42 Å². The van der Waals surface area contributed by atoms with Gasteiger partial charge in [0.25, 0.3) is 0 Å². The highest BCUT2D eigenvalue weighted by Gasteiger charge is 2.36. The molecule has 1 atom stereocenters. The largest absolute Gasteiger partial charge is 0.370 e. The summed E-state index contributed by atoms with van der Waals surface area (Å²) in [7, 11) is 1.34. The zero-order chi connectivity index (χ0) is 13.2. The van der Waals surface area contributed by atoms with Gasteiger partial charge in [-0.25, -0.2) is 8.78 Å². The van der Waals surface area contributed by atoms with E-state index in [1.54, 1.807) is 6.92 Å². The first-order valence-electron chi connectivity index (χ1n) is 5.10. The summed E-state index contributed by atoms with van der Waals surface area (Å²) in [5.41, 5.74) is -1.78. The fourth-order valence-corrected chi connectivity index (χ4v) is 1.73. The van der Waals surface area contributed by atoms with Crippen molar-refractivity contribution in [1.29, 1.82) is 0 Å². The molecule has 0 bridgehead atoms. The molecule has 0 N–H and O–H groups in total. The molecule has 0 amide bonds. The summed E-state index contributed by atoms with van der Waals surface area (Å²) in [6.45, 7) is 3.23. The van der Waals surface area contributed by atoms with Crippen molar-refractivity contribution in [3.63, 3.8) is 0 Å². The predicted molar refractivity (Wildman–Crippen MR) is 64.1 cm³/mol. The third kappa shape index (κ3) is 2.55. The predicted octanol–water partition coefficient (Wildman–Crippen LogP) is 3.73. The van der Waals surface area contributed by atoms with Crippen molar-refractivity contribution in [3.05, 3.63) is 33.8 Å². The molecule has 1 aromatic carbocycles. The van der Waals surface area contributed by atoms with E-state index in [4.69, 9.17) is 4.74 Å². The van der Waals surface area contributed by atoms with Gasteiger partial charge in [0.1, 0.15) is 11.4 Å². The van der Waals surface area contributed by atoms with Crippen LogP contribution in [0.25, 0.3) is 0 Å². The van der Waals surface area contributed by atoms with E-state index >= 15 is 0 Å². The molecule has 5 heteroatoms. The number of rotatable bonds is 4. The van der Waals surface area contributed by atoms with Crippen molar-refractivity contribution >= 4 is 21.7 Å². The van der Waals surface area contributed by atoms with Crippen LogP contribution < -0.4 is 0 Å². The van der Waals surface area contributed by atoms with Gasteiger partial charge in [0, 0.05) is 7.11 Å². The zero-order valence-electron chi connectivity index (χ0n) is 9.81. The van der Waals surface area contributed by atoms with Crippen LogP contribution in [0.3, 0.4) is 0 Å². The second-order valence-corrected chi connectivity index (χ2v) is 4.69. The summed E-state index contributed by atoms with van der Waals surface area (Å²) in [4.78, 5) is 12.1. The maximum atomic E-state index is 13.8. The molecule has 17 heavy (non-hydrogen) atoms. The molecule has 1 rings (SSSR count). The van der Waals surface area contributed by atoms with Crippen LogP contribution in [-0.4, -0.2) is 18.5 Å². The number of halogens is 3. The first-order valence-corrected chi connectivity index (χ1v) is 5.90. The van der Waals surface area contributed by atoms with Crippen LogP contribution in [0, 0.1) is 11.6 Å². The van der Waals surface area contributed by atoms with Crippen LogP contribution in [0.5, 0.6) is 0 Å². The Hall–Kier alpha value is -0.810. The van der Waals surface area contributed by atoms with Crippen molar-refractivity contribution in [2.75, 3.05) is 7.11 Å². The molecule has 0 aliphatic heterocycles. The average molecular weight is 307 g/mol. The minimum atomic E-state index is -1.22. The maximum Gasteiger partial charge on any atom is 0.200 e. The third-order valence-electron chi connectivity index (χ3n) is 2.88. The fraction of sp³-hybridized carbons (Fsp3) is 0.417. The van der Waals surface area contributed by atoms with Crippen LogP contribution >= 0.6 is 15.9 Å². The van der Waals surface area contributed by atoms with Gasteiger partial charge < -0.3 is 4.74 Å². The summed E-state index contributed by atoms with van der Waals surface area (Å²) in [5, 5.41) is 0. The summed E-state index contributed by atoms with van der Waals surface area (Å²) in [6, 6.07) is 2.27. The van der Waals surface area contributed by atoms with E-state index in [2.05, 4.69) is 15.9 Å².